The molecule has 96 valence electrons. The van der Waals surface area contributed by atoms with Crippen molar-refractivity contribution in [1.29, 1.82) is 5.26 Å². The Hall–Kier alpha value is -2.56. The lowest BCUT2D eigenvalue weighted by Gasteiger charge is -2.21. The Labute approximate surface area is 102 Å². The van der Waals surface area contributed by atoms with Crippen LogP contribution < -0.4 is 16.1 Å². The maximum Gasteiger partial charge on any atom is 0.332 e. The predicted octanol–water partition coefficient (Wildman–Crippen LogP) is -1.52. The molecule has 1 aromatic rings. The number of nitrogens with zero attached hydrogens (tertiary/aromatic N) is 4. The first-order valence-corrected chi connectivity index (χ1v) is 4.94. The number of rotatable bonds is 3. The van der Waals surface area contributed by atoms with Gasteiger partial charge in [-0.25, -0.2) is 4.79 Å². The molecule has 0 aliphatic rings. The van der Waals surface area contributed by atoms with E-state index < -0.39 is 23.8 Å². The molecule has 0 atom stereocenters. The number of hydrogen-bond acceptors (Lipinski definition) is 5. The van der Waals surface area contributed by atoms with Crippen molar-refractivity contribution < 1.29 is 9.90 Å². The van der Waals surface area contributed by atoms with Crippen molar-refractivity contribution in [3.63, 3.8) is 0 Å². The number of aromatic nitrogens is 2. The van der Waals surface area contributed by atoms with Crippen molar-refractivity contribution in [3.05, 3.63) is 26.4 Å². The SMILES string of the molecule is CN(CC(=O)O)c1c(C#N)c(=O)n(C)c(=O)n1C. The van der Waals surface area contributed by atoms with Crippen LogP contribution in [0.3, 0.4) is 0 Å². The van der Waals surface area contributed by atoms with Crippen LogP contribution in [0.25, 0.3) is 0 Å². The molecule has 0 bridgehead atoms. The van der Waals surface area contributed by atoms with E-state index in [1.54, 1.807) is 6.07 Å². The van der Waals surface area contributed by atoms with Crippen LogP contribution in [0, 0.1) is 11.3 Å². The molecule has 0 saturated carbocycles. The van der Waals surface area contributed by atoms with Gasteiger partial charge in [-0.15, -0.1) is 0 Å². The summed E-state index contributed by atoms with van der Waals surface area (Å²) in [5.74, 6) is -1.14. The molecule has 0 radical (unpaired) electrons. The fraction of sp³-hybridized carbons (Fsp3) is 0.400. The Morgan fingerprint density at radius 1 is 1.39 bits per heavy atom. The van der Waals surface area contributed by atoms with Crippen LogP contribution in [0.1, 0.15) is 5.56 Å². The number of hydrogen-bond donors (Lipinski definition) is 1. The largest absolute Gasteiger partial charge is 0.480 e. The molecule has 0 spiro atoms. The minimum Gasteiger partial charge on any atom is -0.480 e. The van der Waals surface area contributed by atoms with Crippen LogP contribution in [0.15, 0.2) is 9.59 Å². The molecule has 0 aliphatic heterocycles. The summed E-state index contributed by atoms with van der Waals surface area (Å²) in [7, 11) is 4.02. The van der Waals surface area contributed by atoms with Crippen LogP contribution in [0.2, 0.25) is 0 Å². The number of anilines is 1. The number of carbonyl (C=O) groups is 1. The summed E-state index contributed by atoms with van der Waals surface area (Å²) in [5.41, 5.74) is -1.62. The van der Waals surface area contributed by atoms with Gasteiger partial charge >= 0.3 is 11.7 Å². The number of carboxylic acids is 1. The second-order valence-electron chi connectivity index (χ2n) is 3.77. The van der Waals surface area contributed by atoms with Crippen molar-refractivity contribution in [3.8, 4) is 6.07 Å². The average Bonchev–Trinajstić information content (AvgIpc) is 2.29. The lowest BCUT2D eigenvalue weighted by atomic mass is 10.3. The van der Waals surface area contributed by atoms with Crippen LogP contribution in [-0.4, -0.2) is 33.8 Å². The quantitative estimate of drug-likeness (QED) is 0.699. The molecule has 1 N–H and O–H groups in total. The van der Waals surface area contributed by atoms with E-state index in [1.165, 1.54) is 26.0 Å². The first kappa shape index (κ1) is 13.5. The highest BCUT2D eigenvalue weighted by Gasteiger charge is 2.19. The smallest absolute Gasteiger partial charge is 0.332 e. The van der Waals surface area contributed by atoms with E-state index in [0.29, 0.717) is 0 Å². The highest BCUT2D eigenvalue weighted by molar-refractivity contribution is 5.73. The highest BCUT2D eigenvalue weighted by Crippen LogP contribution is 2.11. The number of nitriles is 1. The third-order valence-electron chi connectivity index (χ3n) is 2.48. The van der Waals surface area contributed by atoms with Gasteiger partial charge in [0.1, 0.15) is 18.4 Å². The zero-order chi connectivity index (χ0) is 14.0. The summed E-state index contributed by atoms with van der Waals surface area (Å²) >= 11 is 0. The van der Waals surface area contributed by atoms with Crippen LogP contribution >= 0.6 is 0 Å². The van der Waals surface area contributed by atoms with E-state index in [4.69, 9.17) is 10.4 Å². The standard InChI is InChI=1S/C10H12N4O4/c1-12(5-7(15)16)8-6(4-11)9(17)14(3)10(18)13(8)2/h5H2,1-3H3,(H,15,16). The molecule has 8 heteroatoms. The number of aliphatic carboxylic acids is 1. The second kappa shape index (κ2) is 4.75. The third kappa shape index (κ3) is 2.10. The molecule has 8 nitrogen and oxygen atoms in total. The highest BCUT2D eigenvalue weighted by atomic mass is 16.4. The van der Waals surface area contributed by atoms with Crippen molar-refractivity contribution in [2.24, 2.45) is 14.1 Å². The minimum atomic E-state index is -1.13. The lowest BCUT2D eigenvalue weighted by Crippen LogP contribution is -2.42. The van der Waals surface area contributed by atoms with Crippen molar-refractivity contribution >= 4 is 11.8 Å². The fourth-order valence-corrected chi connectivity index (χ4v) is 1.66. The molecule has 0 amide bonds. The maximum atomic E-state index is 11.7. The summed E-state index contributed by atoms with van der Waals surface area (Å²) in [5, 5.41) is 17.7. The predicted molar refractivity (Wildman–Crippen MR) is 62.5 cm³/mol. The first-order chi connectivity index (χ1) is 8.31. The van der Waals surface area contributed by atoms with Crippen LogP contribution in [0.4, 0.5) is 5.82 Å². The molecule has 0 aromatic carbocycles. The van der Waals surface area contributed by atoms with E-state index in [-0.39, 0.29) is 11.4 Å². The lowest BCUT2D eigenvalue weighted by molar-refractivity contribution is -0.135. The van der Waals surface area contributed by atoms with E-state index in [1.807, 2.05) is 0 Å². The molecule has 0 aliphatic carbocycles. The maximum absolute atomic E-state index is 11.7. The summed E-state index contributed by atoms with van der Waals surface area (Å²) in [6, 6.07) is 1.70. The van der Waals surface area contributed by atoms with Gasteiger partial charge in [-0.3, -0.25) is 18.7 Å². The zero-order valence-electron chi connectivity index (χ0n) is 10.2. The molecule has 0 saturated heterocycles. The van der Waals surface area contributed by atoms with Crippen molar-refractivity contribution in [1.82, 2.24) is 9.13 Å². The Kier molecular flexibility index (Phi) is 3.56. The topological polar surface area (TPSA) is 108 Å². The molecular formula is C10H12N4O4. The Morgan fingerprint density at radius 2 is 1.94 bits per heavy atom. The number of likely N-dealkylation sites (N-methyl/N-ethyl adjacent to an activating group) is 1. The van der Waals surface area contributed by atoms with Gasteiger partial charge in [0, 0.05) is 21.1 Å². The summed E-state index contributed by atoms with van der Waals surface area (Å²) < 4.78 is 1.87. The monoisotopic (exact) mass is 252 g/mol. The van der Waals surface area contributed by atoms with Gasteiger partial charge in [-0.05, 0) is 0 Å². The molecule has 18 heavy (non-hydrogen) atoms. The van der Waals surface area contributed by atoms with Gasteiger partial charge in [-0.2, -0.15) is 5.26 Å². The third-order valence-corrected chi connectivity index (χ3v) is 2.48. The normalized spacial score (nSPS) is 9.89. The van der Waals surface area contributed by atoms with Crippen LogP contribution in [0.5, 0.6) is 0 Å². The molecule has 1 heterocycles. The average molecular weight is 252 g/mol. The van der Waals surface area contributed by atoms with Gasteiger partial charge in [0.2, 0.25) is 0 Å². The van der Waals surface area contributed by atoms with Gasteiger partial charge in [-0.1, -0.05) is 0 Å². The van der Waals surface area contributed by atoms with Gasteiger partial charge < -0.3 is 10.0 Å². The minimum absolute atomic E-state index is 0.00648. The Morgan fingerprint density at radius 3 is 2.39 bits per heavy atom. The van der Waals surface area contributed by atoms with Crippen molar-refractivity contribution in [2.45, 2.75) is 0 Å². The molecule has 1 aromatic heterocycles. The Balaban J connectivity index is 3.64. The van der Waals surface area contributed by atoms with Crippen molar-refractivity contribution in [2.75, 3.05) is 18.5 Å². The van der Waals surface area contributed by atoms with Crippen LogP contribution in [-0.2, 0) is 18.9 Å². The molecule has 0 fully saturated rings. The summed E-state index contributed by atoms with van der Waals surface area (Å²) in [6.07, 6.45) is 0. The zero-order valence-corrected chi connectivity index (χ0v) is 10.2. The molecule has 1 rings (SSSR count). The summed E-state index contributed by atoms with van der Waals surface area (Å²) in [4.78, 5) is 35.3. The molecular weight excluding hydrogens is 240 g/mol. The van der Waals surface area contributed by atoms with E-state index >= 15 is 0 Å². The van der Waals surface area contributed by atoms with E-state index in [2.05, 4.69) is 0 Å². The molecule has 0 unspecified atom stereocenters. The van der Waals surface area contributed by atoms with Gasteiger partial charge in [0.05, 0.1) is 0 Å². The Bertz CT molecular complexity index is 650. The number of carboxylic acid groups (broad SMARTS) is 1. The fourth-order valence-electron chi connectivity index (χ4n) is 1.66. The van der Waals surface area contributed by atoms with E-state index in [9.17, 15) is 14.4 Å². The van der Waals surface area contributed by atoms with Gasteiger partial charge in [0.25, 0.3) is 5.56 Å². The first-order valence-electron chi connectivity index (χ1n) is 4.94. The summed E-state index contributed by atoms with van der Waals surface area (Å²) in [6.45, 7) is -0.422. The van der Waals surface area contributed by atoms with Gasteiger partial charge in [0.15, 0.2) is 5.56 Å². The second-order valence-corrected chi connectivity index (χ2v) is 3.77. The van der Waals surface area contributed by atoms with E-state index in [0.717, 1.165) is 9.13 Å².